The summed E-state index contributed by atoms with van der Waals surface area (Å²) in [5, 5.41) is 2.96. The monoisotopic (exact) mass is 461 g/mol. The molecule has 1 saturated heterocycles. The van der Waals surface area contributed by atoms with Crippen LogP contribution in [0.2, 0.25) is 0 Å². The Hall–Kier alpha value is -1.76. The molecule has 3 N–H and O–H groups in total. The summed E-state index contributed by atoms with van der Waals surface area (Å²) >= 11 is 0. The third-order valence-corrected chi connectivity index (χ3v) is 6.46. The predicted octanol–water partition coefficient (Wildman–Crippen LogP) is 4.93. The molecule has 1 aromatic carbocycles. The van der Waals surface area contributed by atoms with Gasteiger partial charge in [-0.2, -0.15) is 0 Å². The normalized spacial score (nSPS) is 14.6. The zero-order chi connectivity index (χ0) is 23.0. The fourth-order valence-corrected chi connectivity index (χ4v) is 4.21. The highest BCUT2D eigenvalue weighted by Gasteiger charge is 2.17. The van der Waals surface area contributed by atoms with Gasteiger partial charge in [0.05, 0.1) is 6.54 Å². The van der Waals surface area contributed by atoms with Crippen molar-refractivity contribution >= 4 is 17.4 Å². The van der Waals surface area contributed by atoms with E-state index in [0.717, 1.165) is 44.7 Å². The van der Waals surface area contributed by atoms with E-state index in [1.165, 1.54) is 57.8 Å². The Morgan fingerprint density at radius 1 is 0.788 bits per heavy atom. The van der Waals surface area contributed by atoms with E-state index < -0.39 is 0 Å². The van der Waals surface area contributed by atoms with Gasteiger partial charge in [0.2, 0.25) is 5.91 Å². The first kappa shape index (κ1) is 29.3. The van der Waals surface area contributed by atoms with Crippen LogP contribution in [0.25, 0.3) is 0 Å². The highest BCUT2D eigenvalue weighted by atomic mass is 16.1. The molecule has 1 fully saturated rings. The van der Waals surface area contributed by atoms with Crippen LogP contribution in [-0.2, 0) is 4.79 Å². The van der Waals surface area contributed by atoms with E-state index in [1.807, 2.05) is 24.3 Å². The number of carbonyl (C=O) groups is 2. The summed E-state index contributed by atoms with van der Waals surface area (Å²) in [5.41, 5.74) is 1.49. The van der Waals surface area contributed by atoms with Crippen LogP contribution < -0.4 is 5.32 Å². The Kier molecular flexibility index (Phi) is 15.7. The number of piperazine rings is 1. The third-order valence-electron chi connectivity index (χ3n) is 6.46. The van der Waals surface area contributed by atoms with Crippen molar-refractivity contribution in [1.29, 1.82) is 0 Å². The fraction of sp³-hybridized carbons (Fsp3) is 0.704. The smallest absolute Gasteiger partial charge is 0.224 e. The summed E-state index contributed by atoms with van der Waals surface area (Å²) in [5.74, 6) is 0.214. The maximum Gasteiger partial charge on any atom is 0.224 e. The predicted molar refractivity (Wildman–Crippen MR) is 138 cm³/mol. The summed E-state index contributed by atoms with van der Waals surface area (Å²) in [6, 6.07) is 7.35. The number of amides is 1. The molecule has 33 heavy (non-hydrogen) atoms. The van der Waals surface area contributed by atoms with Gasteiger partial charge in [0, 0.05) is 43.9 Å². The summed E-state index contributed by atoms with van der Waals surface area (Å²) < 4.78 is 0. The molecule has 0 aliphatic carbocycles. The van der Waals surface area contributed by atoms with Crippen LogP contribution in [0.15, 0.2) is 24.3 Å². The van der Waals surface area contributed by atoms with Crippen molar-refractivity contribution in [2.24, 2.45) is 0 Å². The Bertz CT molecular complexity index is 655. The maximum absolute atomic E-state index is 12.5. The van der Waals surface area contributed by atoms with E-state index in [1.54, 1.807) is 0 Å². The summed E-state index contributed by atoms with van der Waals surface area (Å²) in [6.45, 7) is 6.63. The van der Waals surface area contributed by atoms with Gasteiger partial charge in [-0.25, -0.2) is 0 Å². The number of likely N-dealkylation sites (N-methyl/N-ethyl adjacent to an activating group) is 1. The average molecular weight is 462 g/mol. The number of carbonyl (C=O) groups excluding carboxylic acids is 2. The lowest BCUT2D eigenvalue weighted by molar-refractivity contribution is -0.116. The van der Waals surface area contributed by atoms with Gasteiger partial charge in [-0.15, -0.1) is 0 Å². The molecule has 1 heterocycles. The number of benzene rings is 1. The highest BCUT2D eigenvalue weighted by Crippen LogP contribution is 2.14. The molecule has 1 amide bonds. The Balaban J connectivity index is 0.00000544. The van der Waals surface area contributed by atoms with E-state index >= 15 is 0 Å². The summed E-state index contributed by atoms with van der Waals surface area (Å²) in [4.78, 5) is 29.2. The van der Waals surface area contributed by atoms with E-state index in [2.05, 4.69) is 29.1 Å². The average Bonchev–Trinajstić information content (AvgIpc) is 2.79. The minimum atomic E-state index is 0. The molecule has 0 atom stereocenters. The van der Waals surface area contributed by atoms with Gasteiger partial charge in [-0.1, -0.05) is 71.1 Å². The molecule has 0 spiro atoms. The van der Waals surface area contributed by atoms with Crippen molar-refractivity contribution in [2.75, 3.05) is 45.1 Å². The largest absolute Gasteiger partial charge is 0.412 e. The molecule has 188 valence electrons. The van der Waals surface area contributed by atoms with Gasteiger partial charge in [0.25, 0.3) is 0 Å². The minimum absolute atomic E-state index is 0. The van der Waals surface area contributed by atoms with Crippen molar-refractivity contribution in [3.05, 3.63) is 29.8 Å². The Morgan fingerprint density at radius 2 is 1.30 bits per heavy atom. The van der Waals surface area contributed by atoms with Crippen molar-refractivity contribution in [1.82, 2.24) is 9.80 Å². The Morgan fingerprint density at radius 3 is 1.85 bits per heavy atom. The second-order valence-electron chi connectivity index (χ2n) is 9.41. The SMILES string of the molecule is CCCCCCCCCCCCCC(=O)Nc1ccc(C(=O)CN2CCN(C)CC2)cc1.O. The lowest BCUT2D eigenvalue weighted by atomic mass is 10.1. The molecular weight excluding hydrogens is 414 g/mol. The number of anilines is 1. The van der Waals surface area contributed by atoms with Crippen molar-refractivity contribution in [3.8, 4) is 0 Å². The molecule has 6 heteroatoms. The Labute approximate surface area is 201 Å². The molecule has 0 radical (unpaired) electrons. The number of nitrogens with zero attached hydrogens (tertiary/aromatic N) is 2. The van der Waals surface area contributed by atoms with E-state index in [0.29, 0.717) is 18.5 Å². The van der Waals surface area contributed by atoms with Crippen LogP contribution in [0, 0.1) is 0 Å². The lowest BCUT2D eigenvalue weighted by Gasteiger charge is -2.31. The molecule has 1 aromatic rings. The number of Topliss-reactive ketones (excluding diaryl/α,β-unsaturated/α-hetero) is 1. The number of nitrogens with one attached hydrogen (secondary N) is 1. The van der Waals surface area contributed by atoms with Crippen LogP contribution in [0.4, 0.5) is 5.69 Å². The van der Waals surface area contributed by atoms with Crippen LogP contribution in [0.1, 0.15) is 94.3 Å². The van der Waals surface area contributed by atoms with Crippen molar-refractivity contribution in [2.45, 2.75) is 84.0 Å². The maximum atomic E-state index is 12.5. The van der Waals surface area contributed by atoms with Gasteiger partial charge < -0.3 is 15.7 Å². The lowest BCUT2D eigenvalue weighted by Crippen LogP contribution is -2.46. The summed E-state index contributed by atoms with van der Waals surface area (Å²) in [7, 11) is 2.11. The summed E-state index contributed by atoms with van der Waals surface area (Å²) in [6.07, 6.45) is 14.7. The zero-order valence-corrected chi connectivity index (χ0v) is 21.0. The first-order chi connectivity index (χ1) is 15.6. The molecule has 6 nitrogen and oxygen atoms in total. The quantitative estimate of drug-likeness (QED) is 0.279. The molecule has 0 unspecified atom stereocenters. The zero-order valence-electron chi connectivity index (χ0n) is 21.0. The molecule has 1 aliphatic heterocycles. The first-order valence-corrected chi connectivity index (χ1v) is 12.9. The number of ketones is 1. The molecular formula is C27H47N3O3. The van der Waals surface area contributed by atoms with Crippen LogP contribution in [0.5, 0.6) is 0 Å². The van der Waals surface area contributed by atoms with Gasteiger partial charge in [-0.3, -0.25) is 14.5 Å². The van der Waals surface area contributed by atoms with E-state index in [-0.39, 0.29) is 17.2 Å². The number of rotatable bonds is 16. The molecule has 0 saturated carbocycles. The standard InChI is InChI=1S/C27H45N3O2.H2O/c1-3-4-5-6-7-8-9-10-11-12-13-14-27(32)28-25-17-15-24(16-18-25)26(31)23-30-21-19-29(2)20-22-30;/h15-18H,3-14,19-23H2,1-2H3,(H,28,32);1H2. The van der Waals surface area contributed by atoms with Crippen LogP contribution >= 0.6 is 0 Å². The van der Waals surface area contributed by atoms with Gasteiger partial charge >= 0.3 is 0 Å². The fourth-order valence-electron chi connectivity index (χ4n) is 4.21. The van der Waals surface area contributed by atoms with E-state index in [9.17, 15) is 9.59 Å². The molecule has 1 aliphatic rings. The number of unbranched alkanes of at least 4 members (excludes halogenated alkanes) is 10. The number of hydrogen-bond acceptors (Lipinski definition) is 4. The molecule has 0 bridgehead atoms. The first-order valence-electron chi connectivity index (χ1n) is 12.9. The minimum Gasteiger partial charge on any atom is -0.412 e. The highest BCUT2D eigenvalue weighted by molar-refractivity contribution is 5.98. The third kappa shape index (κ3) is 12.9. The van der Waals surface area contributed by atoms with Gasteiger partial charge in [-0.05, 0) is 37.7 Å². The van der Waals surface area contributed by atoms with Crippen molar-refractivity contribution in [3.63, 3.8) is 0 Å². The second kappa shape index (κ2) is 17.7. The van der Waals surface area contributed by atoms with Crippen LogP contribution in [0.3, 0.4) is 0 Å². The molecule has 0 aromatic heterocycles. The number of hydrogen-bond donors (Lipinski definition) is 1. The van der Waals surface area contributed by atoms with Crippen LogP contribution in [-0.4, -0.2) is 66.7 Å². The molecule has 2 rings (SSSR count). The second-order valence-corrected chi connectivity index (χ2v) is 9.41. The van der Waals surface area contributed by atoms with E-state index in [4.69, 9.17) is 0 Å². The van der Waals surface area contributed by atoms with Gasteiger partial charge in [0.15, 0.2) is 5.78 Å². The van der Waals surface area contributed by atoms with Gasteiger partial charge in [0.1, 0.15) is 0 Å². The topological polar surface area (TPSA) is 84.2 Å². The van der Waals surface area contributed by atoms with Crippen molar-refractivity contribution < 1.29 is 15.1 Å².